The van der Waals surface area contributed by atoms with Crippen molar-refractivity contribution < 1.29 is 5.11 Å². The van der Waals surface area contributed by atoms with Crippen LogP contribution >= 0.6 is 0 Å². The van der Waals surface area contributed by atoms with Crippen LogP contribution in [0.2, 0.25) is 0 Å². The van der Waals surface area contributed by atoms with Crippen molar-refractivity contribution in [3.8, 4) is 0 Å². The number of hydrogen-bond donors (Lipinski definition) is 1. The maximum absolute atomic E-state index is 9.17. The lowest BCUT2D eigenvalue weighted by Gasteiger charge is -2.42. The average Bonchev–Trinajstić information content (AvgIpc) is 2.83. The first-order valence-electron chi connectivity index (χ1n) is 8.47. The summed E-state index contributed by atoms with van der Waals surface area (Å²) >= 11 is 0. The molecule has 2 aliphatic rings. The van der Waals surface area contributed by atoms with Crippen LogP contribution in [-0.2, 0) is 0 Å². The maximum atomic E-state index is 9.17. The highest BCUT2D eigenvalue weighted by Crippen LogP contribution is 2.32. The van der Waals surface area contributed by atoms with E-state index in [1.807, 2.05) is 0 Å². The molecule has 3 nitrogen and oxygen atoms in total. The Morgan fingerprint density at radius 3 is 2.68 bits per heavy atom. The van der Waals surface area contributed by atoms with Crippen LogP contribution in [0, 0.1) is 0 Å². The van der Waals surface area contributed by atoms with Crippen molar-refractivity contribution in [1.29, 1.82) is 0 Å². The van der Waals surface area contributed by atoms with Crippen molar-refractivity contribution >= 4 is 0 Å². The van der Waals surface area contributed by atoms with Crippen LogP contribution in [0.5, 0.6) is 0 Å². The molecule has 2 atom stereocenters. The first-order valence-corrected chi connectivity index (χ1v) is 8.47. The van der Waals surface area contributed by atoms with Crippen LogP contribution in [0.15, 0.2) is 0 Å². The van der Waals surface area contributed by atoms with Crippen LogP contribution in [0.1, 0.15) is 64.7 Å². The monoisotopic (exact) mass is 268 g/mol. The van der Waals surface area contributed by atoms with Gasteiger partial charge in [-0.05, 0) is 25.7 Å². The first kappa shape index (κ1) is 15.3. The van der Waals surface area contributed by atoms with Gasteiger partial charge in [0.15, 0.2) is 0 Å². The standard InChI is InChI=1S/C16H32N2O/c1-2-3-4-5-6-8-15-9-10-16-17(13-14-19)11-7-12-18(15)16/h15-16,19H,2-14H2,1H3. The molecule has 2 saturated heterocycles. The molecule has 0 amide bonds. The van der Waals surface area contributed by atoms with Crippen molar-refractivity contribution in [2.45, 2.75) is 76.9 Å². The van der Waals surface area contributed by atoms with Crippen molar-refractivity contribution in [2.75, 3.05) is 26.2 Å². The number of aliphatic hydroxyl groups is 1. The third-order valence-corrected chi connectivity index (χ3v) is 4.92. The van der Waals surface area contributed by atoms with Crippen molar-refractivity contribution in [3.05, 3.63) is 0 Å². The fraction of sp³-hybridized carbons (Fsp3) is 1.00. The topological polar surface area (TPSA) is 26.7 Å². The Kier molecular flexibility index (Phi) is 6.62. The summed E-state index contributed by atoms with van der Waals surface area (Å²) in [6, 6.07) is 0.827. The number of nitrogens with zero attached hydrogens (tertiary/aromatic N) is 2. The number of aliphatic hydroxyl groups excluding tert-OH is 1. The number of rotatable bonds is 8. The molecule has 2 rings (SSSR count). The molecule has 2 unspecified atom stereocenters. The number of unbranched alkanes of at least 4 members (excludes halogenated alkanes) is 4. The molecule has 0 spiro atoms. The normalized spacial score (nSPS) is 28.7. The van der Waals surface area contributed by atoms with Gasteiger partial charge in [0.1, 0.15) is 0 Å². The molecule has 0 bridgehead atoms. The molecule has 112 valence electrons. The van der Waals surface area contributed by atoms with Crippen LogP contribution in [-0.4, -0.2) is 53.4 Å². The smallest absolute Gasteiger partial charge is 0.0626 e. The molecular formula is C16H32N2O. The molecule has 0 aromatic heterocycles. The SMILES string of the molecule is CCCCCCCC1CCC2N(CCO)CCCN12. The summed E-state index contributed by atoms with van der Waals surface area (Å²) in [5, 5.41) is 9.17. The Bertz CT molecular complexity index is 245. The van der Waals surface area contributed by atoms with E-state index in [1.165, 1.54) is 70.9 Å². The van der Waals surface area contributed by atoms with E-state index >= 15 is 0 Å². The van der Waals surface area contributed by atoms with Gasteiger partial charge in [-0.1, -0.05) is 39.0 Å². The van der Waals surface area contributed by atoms with Crippen LogP contribution in [0.4, 0.5) is 0 Å². The zero-order valence-electron chi connectivity index (χ0n) is 12.7. The number of fused-ring (bicyclic) bond motifs is 1. The van der Waals surface area contributed by atoms with Gasteiger partial charge in [0.05, 0.1) is 12.8 Å². The van der Waals surface area contributed by atoms with E-state index in [4.69, 9.17) is 5.11 Å². The zero-order chi connectivity index (χ0) is 13.5. The molecular weight excluding hydrogens is 236 g/mol. The van der Waals surface area contributed by atoms with Gasteiger partial charge >= 0.3 is 0 Å². The molecule has 2 fully saturated rings. The summed E-state index contributed by atoms with van der Waals surface area (Å²) in [6.45, 7) is 5.93. The van der Waals surface area contributed by atoms with E-state index in [-0.39, 0.29) is 0 Å². The second kappa shape index (κ2) is 8.23. The van der Waals surface area contributed by atoms with Crippen molar-refractivity contribution in [2.24, 2.45) is 0 Å². The zero-order valence-corrected chi connectivity index (χ0v) is 12.7. The molecule has 2 heterocycles. The van der Waals surface area contributed by atoms with Crippen molar-refractivity contribution in [3.63, 3.8) is 0 Å². The second-order valence-electron chi connectivity index (χ2n) is 6.27. The Hall–Kier alpha value is -0.120. The van der Waals surface area contributed by atoms with E-state index in [0.29, 0.717) is 12.8 Å². The van der Waals surface area contributed by atoms with Gasteiger partial charge in [0.25, 0.3) is 0 Å². The van der Waals surface area contributed by atoms with Gasteiger partial charge in [-0.25, -0.2) is 0 Å². The highest BCUT2D eigenvalue weighted by Gasteiger charge is 2.38. The Morgan fingerprint density at radius 2 is 1.89 bits per heavy atom. The number of β-amino-alcohol motifs (C(OH)–C–C–N with tert-alkyl or cyclic N) is 1. The average molecular weight is 268 g/mol. The lowest BCUT2D eigenvalue weighted by atomic mass is 10.0. The minimum Gasteiger partial charge on any atom is -0.395 e. The third kappa shape index (κ3) is 4.17. The molecule has 0 aliphatic carbocycles. The van der Waals surface area contributed by atoms with Crippen molar-refractivity contribution in [1.82, 2.24) is 9.80 Å². The van der Waals surface area contributed by atoms with E-state index in [1.54, 1.807) is 0 Å². The van der Waals surface area contributed by atoms with E-state index in [9.17, 15) is 0 Å². The van der Waals surface area contributed by atoms with Gasteiger partial charge in [-0.3, -0.25) is 9.80 Å². The van der Waals surface area contributed by atoms with E-state index in [2.05, 4.69) is 16.7 Å². The molecule has 2 aliphatic heterocycles. The minimum atomic E-state index is 0.312. The predicted octanol–water partition coefficient (Wildman–Crippen LogP) is 2.84. The second-order valence-corrected chi connectivity index (χ2v) is 6.27. The Balaban J connectivity index is 1.72. The third-order valence-electron chi connectivity index (χ3n) is 4.92. The lowest BCUT2D eigenvalue weighted by molar-refractivity contribution is 0.00318. The van der Waals surface area contributed by atoms with Gasteiger partial charge in [-0.15, -0.1) is 0 Å². The Labute approximate surface area is 119 Å². The molecule has 19 heavy (non-hydrogen) atoms. The van der Waals surface area contributed by atoms with E-state index in [0.717, 1.165) is 12.6 Å². The van der Waals surface area contributed by atoms with Gasteiger partial charge < -0.3 is 5.11 Å². The molecule has 1 N–H and O–H groups in total. The minimum absolute atomic E-state index is 0.312. The Morgan fingerprint density at radius 1 is 1.05 bits per heavy atom. The highest BCUT2D eigenvalue weighted by atomic mass is 16.3. The fourth-order valence-corrected chi connectivity index (χ4v) is 3.93. The quantitative estimate of drug-likeness (QED) is 0.686. The van der Waals surface area contributed by atoms with Crippen LogP contribution in [0.25, 0.3) is 0 Å². The van der Waals surface area contributed by atoms with Crippen LogP contribution in [0.3, 0.4) is 0 Å². The predicted molar refractivity (Wildman–Crippen MR) is 80.2 cm³/mol. The number of hydrogen-bond acceptors (Lipinski definition) is 3. The maximum Gasteiger partial charge on any atom is 0.0626 e. The fourth-order valence-electron chi connectivity index (χ4n) is 3.93. The lowest BCUT2D eigenvalue weighted by Crippen LogP contribution is -2.53. The first-order chi connectivity index (χ1) is 9.36. The molecule has 0 aromatic carbocycles. The van der Waals surface area contributed by atoms with Crippen LogP contribution < -0.4 is 0 Å². The van der Waals surface area contributed by atoms with Gasteiger partial charge in [-0.2, -0.15) is 0 Å². The molecule has 0 aromatic rings. The summed E-state index contributed by atoms with van der Waals surface area (Å²) < 4.78 is 0. The van der Waals surface area contributed by atoms with E-state index < -0.39 is 0 Å². The molecule has 0 saturated carbocycles. The molecule has 3 heteroatoms. The molecule has 0 radical (unpaired) electrons. The van der Waals surface area contributed by atoms with Gasteiger partial charge in [0.2, 0.25) is 0 Å². The van der Waals surface area contributed by atoms with Gasteiger partial charge in [0, 0.05) is 25.7 Å². The summed E-state index contributed by atoms with van der Waals surface area (Å²) in [5.74, 6) is 0. The summed E-state index contributed by atoms with van der Waals surface area (Å²) in [7, 11) is 0. The largest absolute Gasteiger partial charge is 0.395 e. The highest BCUT2D eigenvalue weighted by molar-refractivity contribution is 4.90. The summed E-state index contributed by atoms with van der Waals surface area (Å²) in [4.78, 5) is 5.24. The summed E-state index contributed by atoms with van der Waals surface area (Å²) in [6.07, 6.45) is 13.0. The summed E-state index contributed by atoms with van der Waals surface area (Å²) in [5.41, 5.74) is 0.